The van der Waals surface area contributed by atoms with Crippen molar-refractivity contribution in [2.45, 2.75) is 42.2 Å². The van der Waals surface area contributed by atoms with Crippen molar-refractivity contribution >= 4 is 17.7 Å². The Bertz CT molecular complexity index is 445. The number of rotatable bonds is 3. The van der Waals surface area contributed by atoms with E-state index in [0.717, 1.165) is 18.1 Å². The van der Waals surface area contributed by atoms with Crippen LogP contribution in [-0.2, 0) is 9.53 Å². The molecule has 0 N–H and O–H groups in total. The molecular weight excluding hydrogens is 268 g/mol. The topological polar surface area (TPSA) is 26.3 Å². The van der Waals surface area contributed by atoms with Gasteiger partial charge in [0.15, 0.2) is 0 Å². The Morgan fingerprint density at radius 2 is 1.70 bits per heavy atom. The molecule has 0 aromatic heterocycles. The summed E-state index contributed by atoms with van der Waals surface area (Å²) in [6, 6.07) is 10.7. The summed E-state index contributed by atoms with van der Waals surface area (Å²) in [7, 11) is 1.51. The molecule has 0 radical (unpaired) electrons. The van der Waals surface area contributed by atoms with E-state index in [-0.39, 0.29) is 11.9 Å². The van der Waals surface area contributed by atoms with E-state index >= 15 is 0 Å². The van der Waals surface area contributed by atoms with E-state index in [4.69, 9.17) is 4.74 Å². The summed E-state index contributed by atoms with van der Waals surface area (Å²) >= 11 is 2.02. The molecule has 2 aliphatic rings. The minimum atomic E-state index is 0.00821. The zero-order valence-electron chi connectivity index (χ0n) is 12.0. The monoisotopic (exact) mass is 290 g/mol. The van der Waals surface area contributed by atoms with Crippen molar-refractivity contribution < 1.29 is 9.53 Å². The Balaban J connectivity index is 1.60. The second-order valence-corrected chi connectivity index (χ2v) is 7.56. The first-order valence-electron chi connectivity index (χ1n) is 7.54. The molecule has 2 fully saturated rings. The number of methoxy groups -OCH3 is 1. The van der Waals surface area contributed by atoms with Crippen LogP contribution in [0.15, 0.2) is 35.2 Å². The second-order valence-electron chi connectivity index (χ2n) is 6.18. The average Bonchev–Trinajstić information content (AvgIpc) is 2.46. The lowest BCUT2D eigenvalue weighted by Crippen LogP contribution is -2.35. The van der Waals surface area contributed by atoms with Crippen LogP contribution in [0.5, 0.6) is 0 Å². The number of esters is 1. The lowest BCUT2D eigenvalue weighted by atomic mass is 9.68. The molecule has 3 rings (SSSR count). The minimum absolute atomic E-state index is 0.00821. The van der Waals surface area contributed by atoms with Gasteiger partial charge in [-0.1, -0.05) is 18.2 Å². The molecule has 0 spiro atoms. The largest absolute Gasteiger partial charge is 0.469 e. The van der Waals surface area contributed by atoms with Gasteiger partial charge in [0.1, 0.15) is 0 Å². The third kappa shape index (κ3) is 3.20. The third-order valence-electron chi connectivity index (χ3n) is 4.68. The number of ether oxygens (including phenoxy) is 1. The van der Waals surface area contributed by atoms with E-state index in [1.165, 1.54) is 31.3 Å². The van der Waals surface area contributed by atoms with Crippen LogP contribution in [0.2, 0.25) is 0 Å². The lowest BCUT2D eigenvalue weighted by Gasteiger charge is -2.41. The van der Waals surface area contributed by atoms with Crippen molar-refractivity contribution in [1.29, 1.82) is 0 Å². The van der Waals surface area contributed by atoms with Crippen molar-refractivity contribution in [3.63, 3.8) is 0 Å². The third-order valence-corrected chi connectivity index (χ3v) is 5.94. The Hall–Kier alpha value is -0.960. The van der Waals surface area contributed by atoms with Gasteiger partial charge in [-0.3, -0.25) is 4.79 Å². The summed E-state index contributed by atoms with van der Waals surface area (Å²) in [4.78, 5) is 13.1. The Labute approximate surface area is 125 Å². The fourth-order valence-corrected chi connectivity index (χ4v) is 5.37. The molecule has 3 heteroatoms. The number of hydrogen-bond donors (Lipinski definition) is 0. The molecule has 20 heavy (non-hydrogen) atoms. The van der Waals surface area contributed by atoms with Crippen molar-refractivity contribution in [2.24, 2.45) is 17.8 Å². The maximum absolute atomic E-state index is 11.7. The standard InChI is InChI=1S/C17H22O2S/c1-19-17(18)14-8-12-7-13(9-14)11-16(10-12)20-15-5-3-2-4-6-15/h2-6,12-14,16H,7-11H2,1H3/t12-,13+,14?,16?. The van der Waals surface area contributed by atoms with E-state index in [1.54, 1.807) is 0 Å². The van der Waals surface area contributed by atoms with Crippen LogP contribution in [0.3, 0.4) is 0 Å². The predicted molar refractivity (Wildman–Crippen MR) is 81.7 cm³/mol. The number of carbonyl (C=O) groups excluding carboxylic acids is 1. The van der Waals surface area contributed by atoms with E-state index in [2.05, 4.69) is 30.3 Å². The van der Waals surface area contributed by atoms with Crippen LogP contribution in [-0.4, -0.2) is 18.3 Å². The van der Waals surface area contributed by atoms with E-state index < -0.39 is 0 Å². The summed E-state index contributed by atoms with van der Waals surface area (Å²) in [5.74, 6) is 1.60. The first-order valence-corrected chi connectivity index (χ1v) is 8.42. The summed E-state index contributed by atoms with van der Waals surface area (Å²) in [5.41, 5.74) is 0. The first-order chi connectivity index (χ1) is 9.74. The van der Waals surface area contributed by atoms with Crippen LogP contribution < -0.4 is 0 Å². The van der Waals surface area contributed by atoms with Crippen molar-refractivity contribution in [3.05, 3.63) is 30.3 Å². The normalized spacial score (nSPS) is 32.6. The van der Waals surface area contributed by atoms with Crippen LogP contribution in [0.4, 0.5) is 0 Å². The van der Waals surface area contributed by atoms with E-state index in [0.29, 0.717) is 11.8 Å². The van der Waals surface area contributed by atoms with Gasteiger partial charge in [-0.2, -0.15) is 0 Å². The molecule has 0 amide bonds. The highest BCUT2D eigenvalue weighted by Crippen LogP contribution is 2.47. The Morgan fingerprint density at radius 3 is 2.30 bits per heavy atom. The fourth-order valence-electron chi connectivity index (χ4n) is 3.94. The number of hydrogen-bond acceptors (Lipinski definition) is 3. The summed E-state index contributed by atoms with van der Waals surface area (Å²) in [6.07, 6.45) is 5.90. The smallest absolute Gasteiger partial charge is 0.308 e. The van der Waals surface area contributed by atoms with Gasteiger partial charge in [-0.15, -0.1) is 11.8 Å². The predicted octanol–water partition coefficient (Wildman–Crippen LogP) is 4.15. The molecule has 4 atom stereocenters. The highest BCUT2D eigenvalue weighted by molar-refractivity contribution is 8.00. The van der Waals surface area contributed by atoms with E-state index in [9.17, 15) is 4.79 Å². The molecule has 0 saturated heterocycles. The van der Waals surface area contributed by atoms with Crippen molar-refractivity contribution in [2.75, 3.05) is 7.11 Å². The molecule has 2 nitrogen and oxygen atoms in total. The van der Waals surface area contributed by atoms with Crippen molar-refractivity contribution in [3.8, 4) is 0 Å². The molecule has 1 aromatic rings. The van der Waals surface area contributed by atoms with Gasteiger partial charge in [-0.05, 0) is 56.1 Å². The van der Waals surface area contributed by atoms with Gasteiger partial charge in [0, 0.05) is 10.1 Å². The second kappa shape index (κ2) is 6.21. The maximum atomic E-state index is 11.7. The van der Waals surface area contributed by atoms with Gasteiger partial charge in [0.2, 0.25) is 0 Å². The highest BCUT2D eigenvalue weighted by Gasteiger charge is 2.39. The van der Waals surface area contributed by atoms with Crippen molar-refractivity contribution in [1.82, 2.24) is 0 Å². The summed E-state index contributed by atoms with van der Waals surface area (Å²) in [6.45, 7) is 0. The molecule has 0 heterocycles. The first kappa shape index (κ1) is 14.0. The zero-order chi connectivity index (χ0) is 13.9. The molecular formula is C17H22O2S. The molecule has 2 bridgehead atoms. The van der Waals surface area contributed by atoms with Crippen LogP contribution >= 0.6 is 11.8 Å². The summed E-state index contributed by atoms with van der Waals surface area (Å²) < 4.78 is 4.93. The SMILES string of the molecule is COC(=O)C1C[C@H]2CC(Sc3ccccc3)C[C@@H](C1)C2. The molecule has 2 aliphatic carbocycles. The molecule has 2 saturated carbocycles. The number of thioether (sulfide) groups is 1. The zero-order valence-corrected chi connectivity index (χ0v) is 12.8. The Morgan fingerprint density at radius 1 is 1.05 bits per heavy atom. The molecule has 1 aromatic carbocycles. The quantitative estimate of drug-likeness (QED) is 0.782. The highest BCUT2D eigenvalue weighted by atomic mass is 32.2. The van der Waals surface area contributed by atoms with Gasteiger partial charge in [-0.25, -0.2) is 0 Å². The summed E-state index contributed by atoms with van der Waals surface area (Å²) in [5, 5.41) is 0.722. The van der Waals surface area contributed by atoms with Crippen LogP contribution in [0, 0.1) is 17.8 Å². The number of carbonyl (C=O) groups is 1. The van der Waals surface area contributed by atoms with Crippen LogP contribution in [0.1, 0.15) is 32.1 Å². The van der Waals surface area contributed by atoms with Gasteiger partial charge < -0.3 is 4.74 Å². The van der Waals surface area contributed by atoms with Gasteiger partial charge in [0.25, 0.3) is 0 Å². The van der Waals surface area contributed by atoms with Gasteiger partial charge in [0.05, 0.1) is 13.0 Å². The molecule has 0 aliphatic heterocycles. The van der Waals surface area contributed by atoms with E-state index in [1.807, 2.05) is 11.8 Å². The fraction of sp³-hybridized carbons (Fsp3) is 0.588. The molecule has 108 valence electrons. The lowest BCUT2D eigenvalue weighted by molar-refractivity contribution is -0.148. The maximum Gasteiger partial charge on any atom is 0.308 e. The van der Waals surface area contributed by atoms with Gasteiger partial charge >= 0.3 is 5.97 Å². The number of fused-ring (bicyclic) bond motifs is 2. The number of benzene rings is 1. The molecule has 2 unspecified atom stereocenters. The Kier molecular flexibility index (Phi) is 4.35. The minimum Gasteiger partial charge on any atom is -0.469 e. The average molecular weight is 290 g/mol. The van der Waals surface area contributed by atoms with Crippen LogP contribution in [0.25, 0.3) is 0 Å².